The molecule has 0 aliphatic carbocycles. The van der Waals surface area contributed by atoms with Crippen molar-refractivity contribution in [3.05, 3.63) is 29.6 Å². The number of hydrogen-bond donors (Lipinski definition) is 1. The van der Waals surface area contributed by atoms with Gasteiger partial charge in [-0.15, -0.1) is 0 Å². The molecule has 0 bridgehead atoms. The van der Waals surface area contributed by atoms with Gasteiger partial charge in [0.15, 0.2) is 0 Å². The smallest absolute Gasteiger partial charge is 0.221 e. The van der Waals surface area contributed by atoms with Gasteiger partial charge in [-0.05, 0) is 12.1 Å². The Morgan fingerprint density at radius 3 is 3.00 bits per heavy atom. The first-order valence-electron chi connectivity index (χ1n) is 3.52. The van der Waals surface area contributed by atoms with Gasteiger partial charge in [-0.3, -0.25) is 4.79 Å². The first-order chi connectivity index (χ1) is 6.13. The maximum Gasteiger partial charge on any atom is 0.221 e. The van der Waals surface area contributed by atoms with E-state index in [1.807, 2.05) is 0 Å². The van der Waals surface area contributed by atoms with E-state index in [0.29, 0.717) is 0 Å². The Morgan fingerprint density at radius 2 is 2.46 bits per heavy atom. The van der Waals surface area contributed by atoms with Crippen molar-refractivity contribution in [2.75, 3.05) is 5.32 Å². The molecule has 4 heteroatoms. The minimum absolute atomic E-state index is 0.0893. The minimum Gasteiger partial charge on any atom is -0.325 e. The van der Waals surface area contributed by atoms with Gasteiger partial charge in [-0.2, -0.15) is 5.26 Å². The van der Waals surface area contributed by atoms with Gasteiger partial charge in [-0.1, -0.05) is 0 Å². The van der Waals surface area contributed by atoms with Crippen molar-refractivity contribution in [1.29, 1.82) is 5.26 Å². The molecule has 1 amide bonds. The van der Waals surface area contributed by atoms with Crippen LogP contribution in [0.2, 0.25) is 0 Å². The molecule has 13 heavy (non-hydrogen) atoms. The van der Waals surface area contributed by atoms with Crippen LogP contribution in [0.3, 0.4) is 0 Å². The molecule has 1 rings (SSSR count). The van der Waals surface area contributed by atoms with E-state index in [-0.39, 0.29) is 17.2 Å². The molecule has 0 saturated carbocycles. The van der Waals surface area contributed by atoms with Crippen LogP contribution in [0.15, 0.2) is 12.1 Å². The summed E-state index contributed by atoms with van der Waals surface area (Å²) in [5.41, 5.74) is 0.364. The molecular formula is C9H6FN2O. The lowest BCUT2D eigenvalue weighted by molar-refractivity contribution is -0.114. The predicted molar refractivity (Wildman–Crippen MR) is 44.3 cm³/mol. The molecule has 0 aromatic heterocycles. The number of nitrogens with zero attached hydrogens (tertiary/aromatic N) is 1. The maximum atomic E-state index is 12.6. The van der Waals surface area contributed by atoms with Gasteiger partial charge in [0, 0.05) is 13.0 Å². The minimum atomic E-state index is -0.620. The van der Waals surface area contributed by atoms with E-state index in [4.69, 9.17) is 5.26 Å². The fourth-order valence-electron chi connectivity index (χ4n) is 0.851. The molecule has 0 unspecified atom stereocenters. The lowest BCUT2D eigenvalue weighted by Gasteiger charge is -2.02. The van der Waals surface area contributed by atoms with Gasteiger partial charge in [0.1, 0.15) is 11.9 Å². The monoisotopic (exact) mass is 177 g/mol. The molecular weight excluding hydrogens is 171 g/mol. The van der Waals surface area contributed by atoms with Gasteiger partial charge >= 0.3 is 0 Å². The van der Waals surface area contributed by atoms with Gasteiger partial charge in [0.25, 0.3) is 0 Å². The van der Waals surface area contributed by atoms with Crippen molar-refractivity contribution in [2.45, 2.75) is 6.92 Å². The number of rotatable bonds is 1. The van der Waals surface area contributed by atoms with Gasteiger partial charge < -0.3 is 5.32 Å². The summed E-state index contributed by atoms with van der Waals surface area (Å²) < 4.78 is 12.6. The number of carbonyl (C=O) groups is 1. The third-order valence-corrected chi connectivity index (χ3v) is 1.35. The molecule has 1 N–H and O–H groups in total. The summed E-state index contributed by atoms with van der Waals surface area (Å²) in [4.78, 5) is 10.6. The SMILES string of the molecule is CC(=O)Nc1c[c]c(F)cc1C#N. The van der Waals surface area contributed by atoms with Crippen molar-refractivity contribution >= 4 is 11.6 Å². The summed E-state index contributed by atoms with van der Waals surface area (Å²) in [6.07, 6.45) is 0. The summed E-state index contributed by atoms with van der Waals surface area (Å²) in [6.45, 7) is 1.31. The van der Waals surface area contributed by atoms with E-state index in [1.54, 1.807) is 6.07 Å². The Bertz CT molecular complexity index is 382. The van der Waals surface area contributed by atoms with E-state index in [1.165, 1.54) is 13.0 Å². The molecule has 0 fully saturated rings. The van der Waals surface area contributed by atoms with Crippen molar-refractivity contribution in [3.63, 3.8) is 0 Å². The largest absolute Gasteiger partial charge is 0.325 e. The van der Waals surface area contributed by atoms with Crippen LogP contribution in [-0.4, -0.2) is 5.91 Å². The Hall–Kier alpha value is -1.89. The second kappa shape index (κ2) is 3.68. The predicted octanol–water partition coefficient (Wildman–Crippen LogP) is 1.46. The second-order valence-corrected chi connectivity index (χ2v) is 2.40. The molecule has 0 aliphatic heterocycles. The zero-order valence-corrected chi connectivity index (χ0v) is 6.89. The summed E-state index contributed by atoms with van der Waals surface area (Å²) in [5, 5.41) is 11.0. The van der Waals surface area contributed by atoms with Crippen LogP contribution in [-0.2, 0) is 4.79 Å². The topological polar surface area (TPSA) is 52.9 Å². The van der Waals surface area contributed by atoms with Crippen LogP contribution in [0.25, 0.3) is 0 Å². The number of carbonyl (C=O) groups excluding carboxylic acids is 1. The van der Waals surface area contributed by atoms with E-state index in [0.717, 1.165) is 6.07 Å². The molecule has 1 radical (unpaired) electrons. The highest BCUT2D eigenvalue weighted by atomic mass is 19.1. The molecule has 0 aliphatic rings. The van der Waals surface area contributed by atoms with Crippen LogP contribution in [0.1, 0.15) is 12.5 Å². The highest BCUT2D eigenvalue weighted by Crippen LogP contribution is 2.14. The first kappa shape index (κ1) is 9.20. The van der Waals surface area contributed by atoms with Crippen molar-refractivity contribution in [3.8, 4) is 6.07 Å². The second-order valence-electron chi connectivity index (χ2n) is 2.40. The molecule has 3 nitrogen and oxygen atoms in total. The number of benzene rings is 1. The summed E-state index contributed by atoms with van der Waals surface area (Å²) >= 11 is 0. The number of halogens is 1. The van der Waals surface area contributed by atoms with Crippen LogP contribution < -0.4 is 5.32 Å². The fraction of sp³-hybridized carbons (Fsp3) is 0.111. The average molecular weight is 177 g/mol. The highest BCUT2D eigenvalue weighted by molar-refractivity contribution is 5.90. The van der Waals surface area contributed by atoms with Crippen molar-refractivity contribution < 1.29 is 9.18 Å². The number of anilines is 1. The molecule has 1 aromatic rings. The number of amides is 1. The lowest BCUT2D eigenvalue weighted by atomic mass is 10.2. The number of nitriles is 1. The van der Waals surface area contributed by atoms with Crippen molar-refractivity contribution in [1.82, 2.24) is 0 Å². The van der Waals surface area contributed by atoms with Crippen LogP contribution >= 0.6 is 0 Å². The van der Waals surface area contributed by atoms with Crippen molar-refractivity contribution in [2.24, 2.45) is 0 Å². The highest BCUT2D eigenvalue weighted by Gasteiger charge is 2.04. The average Bonchev–Trinajstić information content (AvgIpc) is 2.07. The quantitative estimate of drug-likeness (QED) is 0.705. The Labute approximate surface area is 74.8 Å². The molecule has 65 valence electrons. The van der Waals surface area contributed by atoms with Gasteiger partial charge in [0.05, 0.1) is 11.3 Å². The summed E-state index contributed by atoms with van der Waals surface area (Å²) in [6, 6.07) is 6.27. The zero-order valence-electron chi connectivity index (χ0n) is 6.89. The summed E-state index contributed by atoms with van der Waals surface area (Å²) in [7, 11) is 0. The Morgan fingerprint density at radius 1 is 1.77 bits per heavy atom. The number of hydrogen-bond acceptors (Lipinski definition) is 2. The van der Waals surface area contributed by atoms with E-state index in [9.17, 15) is 9.18 Å². The fourth-order valence-corrected chi connectivity index (χ4v) is 0.851. The van der Waals surface area contributed by atoms with Gasteiger partial charge in [0.2, 0.25) is 5.91 Å². The first-order valence-corrected chi connectivity index (χ1v) is 3.52. The van der Waals surface area contributed by atoms with Crippen LogP contribution in [0.5, 0.6) is 0 Å². The van der Waals surface area contributed by atoms with E-state index >= 15 is 0 Å². The maximum absolute atomic E-state index is 12.6. The summed E-state index contributed by atoms with van der Waals surface area (Å²) in [5.74, 6) is -0.929. The molecule has 1 aromatic carbocycles. The lowest BCUT2D eigenvalue weighted by Crippen LogP contribution is -2.07. The third-order valence-electron chi connectivity index (χ3n) is 1.35. The van der Waals surface area contributed by atoms with Crippen LogP contribution in [0, 0.1) is 23.2 Å². The van der Waals surface area contributed by atoms with Gasteiger partial charge in [-0.25, -0.2) is 4.39 Å². The number of nitrogens with one attached hydrogen (secondary N) is 1. The third kappa shape index (κ3) is 2.27. The molecule has 0 atom stereocenters. The van der Waals surface area contributed by atoms with E-state index < -0.39 is 5.82 Å². The van der Waals surface area contributed by atoms with Crippen LogP contribution in [0.4, 0.5) is 10.1 Å². The Kier molecular flexibility index (Phi) is 2.60. The molecule has 0 spiro atoms. The normalized spacial score (nSPS) is 9.00. The zero-order chi connectivity index (χ0) is 9.84. The standard InChI is InChI=1S/C9H6FN2O/c1-6(13)12-9-3-2-8(10)4-7(9)5-11/h3-4H,1H3,(H,12,13). The molecule has 0 heterocycles. The van der Waals surface area contributed by atoms with E-state index in [2.05, 4.69) is 11.4 Å². The molecule has 0 saturated heterocycles. The Balaban J connectivity index is 3.08.